The minimum atomic E-state index is -0.795. The lowest BCUT2D eigenvalue weighted by Gasteiger charge is -2.62. The molecular formula is C16H20N2O. The molecule has 19 heavy (non-hydrogen) atoms. The number of imidazole rings is 1. The fraction of sp³-hybridized carbons (Fsp3) is 0.562. The van der Waals surface area contributed by atoms with Crippen molar-refractivity contribution in [2.45, 2.75) is 51.2 Å². The first-order valence-corrected chi connectivity index (χ1v) is 7.12. The Kier molecular flexibility index (Phi) is 1.94. The molecule has 2 bridgehead atoms. The van der Waals surface area contributed by atoms with Crippen LogP contribution in [-0.2, 0) is 11.1 Å². The van der Waals surface area contributed by atoms with E-state index in [0.717, 1.165) is 22.8 Å². The van der Waals surface area contributed by atoms with Gasteiger partial charge in [0.2, 0.25) is 0 Å². The van der Waals surface area contributed by atoms with Gasteiger partial charge in [-0.3, -0.25) is 0 Å². The SMILES string of the molecule is Cc1nc2ccc(C(C)(C)O)cc2n1C12CC(C1)C2. The van der Waals surface area contributed by atoms with E-state index in [9.17, 15) is 5.11 Å². The maximum Gasteiger partial charge on any atom is 0.107 e. The number of aliphatic hydroxyl groups is 1. The largest absolute Gasteiger partial charge is 0.386 e. The molecule has 3 fully saturated rings. The fourth-order valence-corrected chi connectivity index (χ4v) is 3.88. The summed E-state index contributed by atoms with van der Waals surface area (Å²) in [4.78, 5) is 4.69. The molecule has 1 N–H and O–H groups in total. The lowest BCUT2D eigenvalue weighted by atomic mass is 9.49. The Bertz CT molecular complexity index is 661. The number of aromatic nitrogens is 2. The van der Waals surface area contributed by atoms with Crippen LogP contribution in [0.15, 0.2) is 18.2 Å². The number of rotatable bonds is 2. The van der Waals surface area contributed by atoms with Gasteiger partial charge >= 0.3 is 0 Å². The highest BCUT2D eigenvalue weighted by atomic mass is 16.3. The molecule has 3 aliphatic rings. The lowest BCUT2D eigenvalue weighted by molar-refractivity contribution is -0.0872. The zero-order chi connectivity index (χ0) is 13.4. The zero-order valence-electron chi connectivity index (χ0n) is 11.8. The molecular weight excluding hydrogens is 236 g/mol. The maximum atomic E-state index is 10.2. The maximum absolute atomic E-state index is 10.2. The van der Waals surface area contributed by atoms with Gasteiger partial charge in [0.25, 0.3) is 0 Å². The highest BCUT2D eigenvalue weighted by Gasteiger charge is 2.58. The van der Waals surface area contributed by atoms with Crippen molar-refractivity contribution in [3.63, 3.8) is 0 Å². The van der Waals surface area contributed by atoms with Crippen molar-refractivity contribution in [2.24, 2.45) is 5.92 Å². The van der Waals surface area contributed by atoms with Gasteiger partial charge in [-0.05, 0) is 63.6 Å². The fourth-order valence-electron chi connectivity index (χ4n) is 3.88. The Hall–Kier alpha value is -1.35. The molecule has 1 heterocycles. The molecule has 0 aliphatic heterocycles. The summed E-state index contributed by atoms with van der Waals surface area (Å²) in [5.41, 5.74) is 2.76. The van der Waals surface area contributed by atoms with Crippen molar-refractivity contribution in [3.8, 4) is 0 Å². The summed E-state index contributed by atoms with van der Waals surface area (Å²) in [6.45, 7) is 5.77. The second-order valence-electron chi connectivity index (χ2n) is 6.96. The topological polar surface area (TPSA) is 38.1 Å². The summed E-state index contributed by atoms with van der Waals surface area (Å²) in [5, 5.41) is 10.2. The van der Waals surface area contributed by atoms with E-state index in [4.69, 9.17) is 4.98 Å². The Balaban J connectivity index is 1.94. The van der Waals surface area contributed by atoms with Gasteiger partial charge in [0.15, 0.2) is 0 Å². The van der Waals surface area contributed by atoms with Gasteiger partial charge in [0.1, 0.15) is 5.82 Å². The van der Waals surface area contributed by atoms with E-state index >= 15 is 0 Å². The summed E-state index contributed by atoms with van der Waals surface area (Å²) < 4.78 is 2.43. The third-order valence-corrected chi connectivity index (χ3v) is 5.01. The summed E-state index contributed by atoms with van der Waals surface area (Å²) in [6.07, 6.45) is 3.93. The van der Waals surface area contributed by atoms with Crippen molar-refractivity contribution in [1.29, 1.82) is 0 Å². The standard InChI is InChI=1S/C16H20N2O/c1-10-17-13-5-4-12(15(2,3)19)6-14(13)18(10)16-7-11(8-16)9-16/h4-6,11,19H,7-9H2,1-3H3. The minimum absolute atomic E-state index is 0.349. The second kappa shape index (κ2) is 3.21. The number of nitrogens with zero attached hydrogens (tertiary/aromatic N) is 2. The average Bonchev–Trinajstić information content (AvgIpc) is 2.50. The van der Waals surface area contributed by atoms with Crippen LogP contribution < -0.4 is 0 Å². The molecule has 0 radical (unpaired) electrons. The first-order valence-electron chi connectivity index (χ1n) is 7.12. The quantitative estimate of drug-likeness (QED) is 0.896. The molecule has 5 rings (SSSR count). The highest BCUT2D eigenvalue weighted by molar-refractivity contribution is 5.78. The average molecular weight is 256 g/mol. The van der Waals surface area contributed by atoms with Crippen LogP contribution in [0, 0.1) is 12.8 Å². The van der Waals surface area contributed by atoms with E-state index in [1.54, 1.807) is 0 Å². The van der Waals surface area contributed by atoms with Crippen LogP contribution in [0.4, 0.5) is 0 Å². The lowest BCUT2D eigenvalue weighted by Crippen LogP contribution is -2.59. The van der Waals surface area contributed by atoms with E-state index in [1.165, 1.54) is 24.8 Å². The molecule has 3 nitrogen and oxygen atoms in total. The van der Waals surface area contributed by atoms with E-state index in [2.05, 4.69) is 17.6 Å². The molecule has 0 spiro atoms. The summed E-state index contributed by atoms with van der Waals surface area (Å²) in [5.74, 6) is 2.07. The smallest absolute Gasteiger partial charge is 0.107 e. The van der Waals surface area contributed by atoms with Crippen LogP contribution in [0.5, 0.6) is 0 Å². The number of hydrogen-bond acceptors (Lipinski definition) is 2. The van der Waals surface area contributed by atoms with Gasteiger partial charge < -0.3 is 9.67 Å². The summed E-state index contributed by atoms with van der Waals surface area (Å²) in [6, 6.07) is 6.15. The first-order chi connectivity index (χ1) is 8.89. The first kappa shape index (κ1) is 11.5. The molecule has 2 aromatic rings. The number of hydrogen-bond donors (Lipinski definition) is 1. The van der Waals surface area contributed by atoms with Crippen molar-refractivity contribution in [1.82, 2.24) is 9.55 Å². The van der Waals surface area contributed by atoms with Gasteiger partial charge in [-0.1, -0.05) is 6.07 Å². The Morgan fingerprint density at radius 1 is 1.32 bits per heavy atom. The van der Waals surface area contributed by atoms with E-state index in [0.29, 0.717) is 5.54 Å². The van der Waals surface area contributed by atoms with Gasteiger partial charge in [-0.25, -0.2) is 4.98 Å². The molecule has 3 heteroatoms. The number of benzene rings is 1. The van der Waals surface area contributed by atoms with Crippen LogP contribution in [-0.4, -0.2) is 14.7 Å². The third kappa shape index (κ3) is 1.39. The van der Waals surface area contributed by atoms with Gasteiger partial charge in [0, 0.05) is 5.54 Å². The molecule has 3 saturated carbocycles. The van der Waals surface area contributed by atoms with E-state index < -0.39 is 5.60 Å². The molecule has 3 aliphatic carbocycles. The van der Waals surface area contributed by atoms with Crippen LogP contribution >= 0.6 is 0 Å². The van der Waals surface area contributed by atoms with Gasteiger partial charge in [-0.2, -0.15) is 0 Å². The predicted octanol–water partition coefficient (Wildman–Crippen LogP) is 3.08. The second-order valence-corrected chi connectivity index (χ2v) is 6.96. The molecule has 0 atom stereocenters. The summed E-state index contributed by atoms with van der Waals surface area (Å²) in [7, 11) is 0. The molecule has 1 aromatic carbocycles. The van der Waals surface area contributed by atoms with Gasteiger partial charge in [0.05, 0.1) is 16.6 Å². The molecule has 0 amide bonds. The van der Waals surface area contributed by atoms with Crippen molar-refractivity contribution in [2.75, 3.05) is 0 Å². The number of aryl methyl sites for hydroxylation is 1. The molecule has 100 valence electrons. The normalized spacial score (nSPS) is 29.2. The van der Waals surface area contributed by atoms with E-state index in [-0.39, 0.29) is 0 Å². The predicted molar refractivity (Wildman–Crippen MR) is 75.0 cm³/mol. The molecule has 0 unspecified atom stereocenters. The monoisotopic (exact) mass is 256 g/mol. The van der Waals surface area contributed by atoms with E-state index in [1.807, 2.05) is 26.0 Å². The highest BCUT2D eigenvalue weighted by Crippen LogP contribution is 2.63. The van der Waals surface area contributed by atoms with Crippen molar-refractivity contribution in [3.05, 3.63) is 29.6 Å². The van der Waals surface area contributed by atoms with Crippen LogP contribution in [0.3, 0.4) is 0 Å². The Morgan fingerprint density at radius 3 is 2.53 bits per heavy atom. The van der Waals surface area contributed by atoms with Crippen molar-refractivity contribution >= 4 is 11.0 Å². The number of fused-ring (bicyclic) bond motifs is 1. The Morgan fingerprint density at radius 2 is 2.00 bits per heavy atom. The van der Waals surface area contributed by atoms with Crippen molar-refractivity contribution < 1.29 is 5.11 Å². The van der Waals surface area contributed by atoms with Crippen LogP contribution in [0.2, 0.25) is 0 Å². The minimum Gasteiger partial charge on any atom is -0.386 e. The molecule has 1 aromatic heterocycles. The molecule has 0 saturated heterocycles. The third-order valence-electron chi connectivity index (χ3n) is 5.01. The van der Waals surface area contributed by atoms with Crippen LogP contribution in [0.1, 0.15) is 44.5 Å². The van der Waals surface area contributed by atoms with Crippen LogP contribution in [0.25, 0.3) is 11.0 Å². The van der Waals surface area contributed by atoms with Gasteiger partial charge in [-0.15, -0.1) is 0 Å². The Labute approximate surface area is 113 Å². The summed E-state index contributed by atoms with van der Waals surface area (Å²) >= 11 is 0. The zero-order valence-corrected chi connectivity index (χ0v) is 11.8.